The second-order valence-electron chi connectivity index (χ2n) is 5.61. The fraction of sp³-hybridized carbons (Fsp3) is 0.412. The summed E-state index contributed by atoms with van der Waals surface area (Å²) >= 11 is 0. The average Bonchev–Trinajstić information content (AvgIpc) is 3.17. The van der Waals surface area contributed by atoms with Crippen molar-refractivity contribution in [1.82, 2.24) is 15.1 Å². The fourth-order valence-electron chi connectivity index (χ4n) is 2.71. The van der Waals surface area contributed by atoms with E-state index in [1.807, 2.05) is 43.6 Å². The van der Waals surface area contributed by atoms with Gasteiger partial charge in [-0.3, -0.25) is 9.48 Å². The van der Waals surface area contributed by atoms with E-state index in [1.165, 1.54) is 0 Å². The summed E-state index contributed by atoms with van der Waals surface area (Å²) in [6.45, 7) is 1.01. The molecule has 3 rings (SSSR count). The largest absolute Gasteiger partial charge is 0.493 e. The second kappa shape index (κ2) is 7.28. The highest BCUT2D eigenvalue weighted by Gasteiger charge is 2.31. The number of carbonyl (C=O) groups excluding carboxylic acids is 1. The highest BCUT2D eigenvalue weighted by Crippen LogP contribution is 2.28. The van der Waals surface area contributed by atoms with Gasteiger partial charge in [-0.15, -0.1) is 0 Å². The van der Waals surface area contributed by atoms with E-state index in [0.29, 0.717) is 19.6 Å². The topological polar surface area (TPSA) is 65.4 Å². The summed E-state index contributed by atoms with van der Waals surface area (Å²) in [6.07, 6.45) is 4.72. The zero-order valence-corrected chi connectivity index (χ0v) is 13.1. The monoisotopic (exact) mass is 315 g/mol. The zero-order chi connectivity index (χ0) is 16.1. The molecule has 23 heavy (non-hydrogen) atoms. The molecule has 1 fully saturated rings. The van der Waals surface area contributed by atoms with Gasteiger partial charge in [0.15, 0.2) is 0 Å². The number of benzene rings is 1. The first-order valence-corrected chi connectivity index (χ1v) is 7.80. The Morgan fingerprint density at radius 3 is 3.00 bits per heavy atom. The van der Waals surface area contributed by atoms with Crippen molar-refractivity contribution in [2.75, 3.05) is 13.2 Å². The highest BCUT2D eigenvalue weighted by atomic mass is 16.5. The number of aryl methyl sites for hydroxylation is 1. The van der Waals surface area contributed by atoms with Gasteiger partial charge in [-0.05, 0) is 18.6 Å². The first-order chi connectivity index (χ1) is 11.2. The number of aromatic nitrogens is 2. The maximum atomic E-state index is 12.1. The minimum absolute atomic E-state index is 0.0107. The number of rotatable bonds is 6. The normalized spacial score (nSPS) is 20.4. The lowest BCUT2D eigenvalue weighted by molar-refractivity contribution is -0.122. The van der Waals surface area contributed by atoms with Crippen molar-refractivity contribution < 1.29 is 14.3 Å². The Balaban J connectivity index is 1.47. The van der Waals surface area contributed by atoms with Gasteiger partial charge in [0.1, 0.15) is 11.9 Å². The molecule has 1 saturated heterocycles. The molecule has 1 aliphatic rings. The number of para-hydroxylation sites is 1. The molecule has 6 heteroatoms. The number of amides is 1. The van der Waals surface area contributed by atoms with Crippen LogP contribution in [0.1, 0.15) is 24.5 Å². The van der Waals surface area contributed by atoms with E-state index in [9.17, 15) is 4.79 Å². The van der Waals surface area contributed by atoms with Crippen LogP contribution < -0.4 is 10.1 Å². The Labute approximate surface area is 135 Å². The van der Waals surface area contributed by atoms with Gasteiger partial charge in [0, 0.05) is 25.4 Å². The van der Waals surface area contributed by atoms with E-state index >= 15 is 0 Å². The summed E-state index contributed by atoms with van der Waals surface area (Å²) in [5.74, 6) is 0.753. The Hall–Kier alpha value is -2.34. The van der Waals surface area contributed by atoms with Crippen LogP contribution in [0, 0.1) is 0 Å². The van der Waals surface area contributed by atoms with Gasteiger partial charge in [-0.25, -0.2) is 0 Å². The van der Waals surface area contributed by atoms with Crippen molar-refractivity contribution >= 4 is 5.91 Å². The number of hydrogen-bond donors (Lipinski definition) is 1. The minimum atomic E-state index is -0.123. The number of nitrogens with zero attached hydrogens (tertiary/aromatic N) is 2. The Bertz CT molecular complexity index is 642. The van der Waals surface area contributed by atoms with E-state index in [4.69, 9.17) is 9.47 Å². The van der Waals surface area contributed by atoms with Gasteiger partial charge in [-0.1, -0.05) is 18.2 Å². The Kier molecular flexibility index (Phi) is 4.92. The van der Waals surface area contributed by atoms with Crippen molar-refractivity contribution in [3.8, 4) is 5.75 Å². The molecule has 2 atom stereocenters. The van der Waals surface area contributed by atoms with Crippen LogP contribution in [-0.4, -0.2) is 34.9 Å². The minimum Gasteiger partial charge on any atom is -0.493 e. The molecule has 0 aliphatic carbocycles. The molecule has 0 radical (unpaired) electrons. The van der Waals surface area contributed by atoms with E-state index in [0.717, 1.165) is 17.7 Å². The smallest absolute Gasteiger partial charge is 0.223 e. The molecule has 0 saturated carbocycles. The highest BCUT2D eigenvalue weighted by molar-refractivity contribution is 5.76. The van der Waals surface area contributed by atoms with Gasteiger partial charge >= 0.3 is 0 Å². The molecule has 1 N–H and O–H groups in total. The van der Waals surface area contributed by atoms with Crippen LogP contribution in [0.25, 0.3) is 0 Å². The predicted molar refractivity (Wildman–Crippen MR) is 85.0 cm³/mol. The average molecular weight is 315 g/mol. The fourth-order valence-corrected chi connectivity index (χ4v) is 2.71. The van der Waals surface area contributed by atoms with Gasteiger partial charge in [0.05, 0.1) is 25.3 Å². The lowest BCUT2D eigenvalue weighted by Crippen LogP contribution is -2.37. The second-order valence-corrected chi connectivity index (χ2v) is 5.61. The summed E-state index contributed by atoms with van der Waals surface area (Å²) < 4.78 is 13.0. The molecular formula is C17H21N3O3. The number of hydrogen-bond acceptors (Lipinski definition) is 4. The van der Waals surface area contributed by atoms with Crippen molar-refractivity contribution in [3.63, 3.8) is 0 Å². The van der Waals surface area contributed by atoms with E-state index in [-0.39, 0.29) is 18.1 Å². The zero-order valence-electron chi connectivity index (χ0n) is 13.1. The molecule has 6 nitrogen and oxygen atoms in total. The quantitative estimate of drug-likeness (QED) is 0.883. The van der Waals surface area contributed by atoms with Crippen LogP contribution in [-0.2, 0) is 16.6 Å². The maximum absolute atomic E-state index is 12.1. The van der Waals surface area contributed by atoms with Gasteiger partial charge in [0.25, 0.3) is 0 Å². The summed E-state index contributed by atoms with van der Waals surface area (Å²) in [4.78, 5) is 12.1. The van der Waals surface area contributed by atoms with Crippen molar-refractivity contribution in [2.24, 2.45) is 7.05 Å². The van der Waals surface area contributed by atoms with Crippen molar-refractivity contribution in [2.45, 2.75) is 25.0 Å². The molecule has 1 aliphatic heterocycles. The molecule has 0 bridgehead atoms. The summed E-state index contributed by atoms with van der Waals surface area (Å²) in [5.41, 5.74) is 0.996. The lowest BCUT2D eigenvalue weighted by atomic mass is 10.1. The Morgan fingerprint density at radius 1 is 1.43 bits per heavy atom. The van der Waals surface area contributed by atoms with Gasteiger partial charge in [-0.2, -0.15) is 5.10 Å². The number of nitrogens with one attached hydrogen (secondary N) is 1. The van der Waals surface area contributed by atoms with Crippen molar-refractivity contribution in [3.05, 3.63) is 48.3 Å². The summed E-state index contributed by atoms with van der Waals surface area (Å²) in [7, 11) is 1.87. The summed E-state index contributed by atoms with van der Waals surface area (Å²) in [5, 5.41) is 7.20. The maximum Gasteiger partial charge on any atom is 0.223 e. The Morgan fingerprint density at radius 2 is 2.26 bits per heavy atom. The van der Waals surface area contributed by atoms with Crippen LogP contribution in [0.3, 0.4) is 0 Å². The first-order valence-electron chi connectivity index (χ1n) is 7.80. The van der Waals surface area contributed by atoms with Crippen LogP contribution in [0.15, 0.2) is 42.7 Å². The van der Waals surface area contributed by atoms with Gasteiger partial charge < -0.3 is 14.8 Å². The number of ether oxygens (including phenoxy) is 2. The molecule has 0 unspecified atom stereocenters. The molecular weight excluding hydrogens is 294 g/mol. The SMILES string of the molecule is Cn1cc([C@H]2OCC[C@@H]2NC(=O)CCOc2ccccc2)cn1. The lowest BCUT2D eigenvalue weighted by Gasteiger charge is -2.18. The standard InChI is InChI=1S/C17H21N3O3/c1-20-12-13(11-18-20)17-15(7-9-23-17)19-16(21)8-10-22-14-5-3-2-4-6-14/h2-6,11-12,15,17H,7-10H2,1H3,(H,19,21)/t15-,17+/m0/s1. The van der Waals surface area contributed by atoms with E-state index in [1.54, 1.807) is 10.9 Å². The van der Waals surface area contributed by atoms with Gasteiger partial charge in [0.2, 0.25) is 5.91 Å². The van der Waals surface area contributed by atoms with Crippen LogP contribution in [0.2, 0.25) is 0 Å². The molecule has 2 aromatic rings. The third-order valence-corrected chi connectivity index (χ3v) is 3.83. The molecule has 122 valence electrons. The molecule has 2 heterocycles. The third-order valence-electron chi connectivity index (χ3n) is 3.83. The van der Waals surface area contributed by atoms with Crippen molar-refractivity contribution in [1.29, 1.82) is 0 Å². The van der Waals surface area contributed by atoms with E-state index in [2.05, 4.69) is 10.4 Å². The molecule has 1 aromatic heterocycles. The first kappa shape index (κ1) is 15.6. The molecule has 1 aromatic carbocycles. The molecule has 0 spiro atoms. The summed E-state index contributed by atoms with van der Waals surface area (Å²) in [6, 6.07) is 9.48. The van der Waals surface area contributed by atoms with Crippen LogP contribution in [0.5, 0.6) is 5.75 Å². The predicted octanol–water partition coefficient (Wildman–Crippen LogP) is 1.84. The van der Waals surface area contributed by atoms with Crippen LogP contribution in [0.4, 0.5) is 0 Å². The number of carbonyl (C=O) groups is 1. The third kappa shape index (κ3) is 4.10. The molecule has 1 amide bonds. The van der Waals surface area contributed by atoms with Crippen LogP contribution >= 0.6 is 0 Å². The van der Waals surface area contributed by atoms with E-state index < -0.39 is 0 Å².